The maximum Gasteiger partial charge on any atom is 0.341 e. The highest BCUT2D eigenvalue weighted by molar-refractivity contribution is 7.92. The number of nitrogens with zero attached hydrogens (tertiary/aromatic N) is 5. The van der Waals surface area contributed by atoms with Crippen LogP contribution in [0, 0.1) is 0 Å². The van der Waals surface area contributed by atoms with E-state index in [1.807, 2.05) is 4.90 Å². The third-order valence-electron chi connectivity index (χ3n) is 5.99. The average molecular weight is 465 g/mol. The molecule has 0 spiro atoms. The SMILES string of the molecule is CCN(c1nc(N2CC(OC(=O)c3cnsc3)C2)nc2c1[S+](O)CC2)C1CCOCC1. The van der Waals surface area contributed by atoms with Gasteiger partial charge in [0.25, 0.3) is 4.90 Å². The van der Waals surface area contributed by atoms with E-state index in [1.165, 1.54) is 17.7 Å². The largest absolute Gasteiger partial charge is 0.455 e. The lowest BCUT2D eigenvalue weighted by atomic mass is 10.1. The molecule has 1 unspecified atom stereocenters. The summed E-state index contributed by atoms with van der Waals surface area (Å²) in [5.74, 6) is 1.89. The van der Waals surface area contributed by atoms with Crippen LogP contribution in [0.1, 0.15) is 35.8 Å². The molecule has 2 aromatic heterocycles. The highest BCUT2D eigenvalue weighted by Crippen LogP contribution is 2.37. The number of ether oxygens (including phenoxy) is 2. The van der Waals surface area contributed by atoms with Gasteiger partial charge in [0, 0.05) is 37.6 Å². The predicted molar refractivity (Wildman–Crippen MR) is 119 cm³/mol. The summed E-state index contributed by atoms with van der Waals surface area (Å²) in [7, 11) is 0. The van der Waals surface area contributed by atoms with Crippen molar-refractivity contribution in [1.82, 2.24) is 14.3 Å². The Kier molecular flexibility index (Phi) is 6.00. The van der Waals surface area contributed by atoms with E-state index in [9.17, 15) is 9.35 Å². The number of carbonyl (C=O) groups is 1. The minimum Gasteiger partial charge on any atom is -0.455 e. The highest BCUT2D eigenvalue weighted by Gasteiger charge is 2.42. The van der Waals surface area contributed by atoms with Gasteiger partial charge in [-0.1, -0.05) is 0 Å². The van der Waals surface area contributed by atoms with Crippen molar-refractivity contribution in [3.05, 3.63) is 22.8 Å². The lowest BCUT2D eigenvalue weighted by Gasteiger charge is -2.39. The van der Waals surface area contributed by atoms with Crippen molar-refractivity contribution in [3.8, 4) is 0 Å². The number of carbonyl (C=O) groups excluding carboxylic acids is 1. The average Bonchev–Trinajstić information content (AvgIpc) is 3.42. The highest BCUT2D eigenvalue weighted by atomic mass is 32.2. The molecule has 0 aliphatic carbocycles. The summed E-state index contributed by atoms with van der Waals surface area (Å²) in [6.07, 6.45) is 4.03. The van der Waals surface area contributed by atoms with E-state index in [1.54, 1.807) is 5.38 Å². The molecule has 0 saturated carbocycles. The fourth-order valence-electron chi connectivity index (χ4n) is 4.29. The minimum absolute atomic E-state index is 0.182. The molecule has 1 atom stereocenters. The fourth-order valence-corrected chi connectivity index (χ4v) is 6.18. The third kappa shape index (κ3) is 4.11. The summed E-state index contributed by atoms with van der Waals surface area (Å²) < 4.78 is 25.7. The van der Waals surface area contributed by atoms with E-state index in [0.29, 0.717) is 36.4 Å². The van der Waals surface area contributed by atoms with Gasteiger partial charge in [0.15, 0.2) is 22.7 Å². The number of esters is 1. The Labute approximate surface area is 188 Å². The summed E-state index contributed by atoms with van der Waals surface area (Å²) in [5, 5.41) is 1.69. The second-order valence-corrected chi connectivity index (χ2v) is 10.1. The van der Waals surface area contributed by atoms with Crippen molar-refractivity contribution in [1.29, 1.82) is 0 Å². The second kappa shape index (κ2) is 8.89. The van der Waals surface area contributed by atoms with Crippen LogP contribution in [0.4, 0.5) is 11.8 Å². The molecule has 1 N–H and O–H groups in total. The molecule has 0 aromatic carbocycles. The fraction of sp³-hybridized carbons (Fsp3) is 0.600. The molecule has 3 aliphatic rings. The predicted octanol–water partition coefficient (Wildman–Crippen LogP) is 1.99. The molecular weight excluding hydrogens is 438 g/mol. The van der Waals surface area contributed by atoms with Gasteiger partial charge in [0.1, 0.15) is 11.8 Å². The van der Waals surface area contributed by atoms with Crippen molar-refractivity contribution in [3.63, 3.8) is 0 Å². The van der Waals surface area contributed by atoms with Crippen molar-refractivity contribution in [2.45, 2.75) is 43.2 Å². The van der Waals surface area contributed by atoms with Crippen molar-refractivity contribution in [2.75, 3.05) is 48.4 Å². The Bertz CT molecular complexity index is 932. The first-order valence-corrected chi connectivity index (χ1v) is 12.8. The molecule has 31 heavy (non-hydrogen) atoms. The number of hydrogen-bond donors (Lipinski definition) is 1. The summed E-state index contributed by atoms with van der Waals surface area (Å²) >= 11 is 0.420. The van der Waals surface area contributed by atoms with E-state index >= 15 is 0 Å². The Balaban J connectivity index is 1.34. The van der Waals surface area contributed by atoms with E-state index in [0.717, 1.165) is 55.4 Å². The summed E-state index contributed by atoms with van der Waals surface area (Å²) in [6, 6.07) is 0.354. The van der Waals surface area contributed by atoms with E-state index < -0.39 is 11.2 Å². The van der Waals surface area contributed by atoms with Crippen molar-refractivity contribution < 1.29 is 18.8 Å². The number of rotatable bonds is 6. The van der Waals surface area contributed by atoms with E-state index in [4.69, 9.17) is 19.4 Å². The van der Waals surface area contributed by atoms with Gasteiger partial charge in [-0.05, 0) is 31.3 Å². The second-order valence-electron chi connectivity index (χ2n) is 7.92. The molecule has 3 aliphatic heterocycles. The standard InChI is InChI=1S/C20H26N5O4S2/c1-2-25(14-3-6-28-7-4-14)18-17-16(5-8-31(17)27)22-20(23-18)24-10-15(11-24)29-19(26)13-9-21-30-12-13/h9,12,14-15,27H,2-8,10-11H2,1H3/q+1. The zero-order chi connectivity index (χ0) is 21.4. The maximum atomic E-state index is 12.1. The lowest BCUT2D eigenvalue weighted by molar-refractivity contribution is 0.0231. The van der Waals surface area contributed by atoms with Crippen molar-refractivity contribution in [2.24, 2.45) is 0 Å². The van der Waals surface area contributed by atoms with Gasteiger partial charge in [0.05, 0.1) is 24.8 Å². The van der Waals surface area contributed by atoms with Gasteiger partial charge >= 0.3 is 5.97 Å². The van der Waals surface area contributed by atoms with Gasteiger partial charge in [0.2, 0.25) is 5.95 Å². The Morgan fingerprint density at radius 2 is 2.19 bits per heavy atom. The zero-order valence-electron chi connectivity index (χ0n) is 17.4. The number of fused-ring (bicyclic) bond motifs is 1. The molecule has 0 bridgehead atoms. The molecule has 0 radical (unpaired) electrons. The molecule has 2 fully saturated rings. The topological polar surface area (TPSA) is 101 Å². The van der Waals surface area contributed by atoms with Gasteiger partial charge in [-0.15, -0.1) is 0 Å². The molecule has 5 rings (SSSR count). The molecular formula is C20H26N5O4S2+. The molecule has 2 aromatic rings. The maximum absolute atomic E-state index is 12.1. The van der Waals surface area contributed by atoms with Gasteiger partial charge in [-0.25, -0.2) is 14.2 Å². The molecule has 0 amide bonds. The third-order valence-corrected chi connectivity index (χ3v) is 8.06. The Morgan fingerprint density at radius 1 is 1.39 bits per heavy atom. The minimum atomic E-state index is -0.814. The zero-order valence-corrected chi connectivity index (χ0v) is 19.0. The molecule has 11 heteroatoms. The van der Waals surface area contributed by atoms with Gasteiger partial charge in [-0.2, -0.15) is 9.54 Å². The molecule has 5 heterocycles. The van der Waals surface area contributed by atoms with Crippen LogP contribution in [0.3, 0.4) is 0 Å². The Hall–Kier alpha value is -1.95. The van der Waals surface area contributed by atoms with Crippen LogP contribution >= 0.6 is 11.5 Å². The first-order chi connectivity index (χ1) is 15.1. The first-order valence-electron chi connectivity index (χ1n) is 10.6. The van der Waals surface area contributed by atoms with Crippen LogP contribution in [0.5, 0.6) is 0 Å². The summed E-state index contributed by atoms with van der Waals surface area (Å²) in [5.41, 5.74) is 1.44. The Morgan fingerprint density at radius 3 is 2.90 bits per heavy atom. The molecule has 166 valence electrons. The summed E-state index contributed by atoms with van der Waals surface area (Å²) in [6.45, 7) is 5.59. The number of hydrogen-bond acceptors (Lipinski definition) is 10. The van der Waals surface area contributed by atoms with Crippen LogP contribution < -0.4 is 9.80 Å². The van der Waals surface area contributed by atoms with E-state index in [2.05, 4.69) is 16.2 Å². The van der Waals surface area contributed by atoms with Crippen LogP contribution in [0.25, 0.3) is 0 Å². The normalized spacial score (nSPS) is 21.6. The molecule has 9 nitrogen and oxygen atoms in total. The van der Waals surface area contributed by atoms with Crippen LogP contribution in [0.2, 0.25) is 0 Å². The number of anilines is 2. The van der Waals surface area contributed by atoms with Crippen LogP contribution in [0.15, 0.2) is 16.5 Å². The molecule has 2 saturated heterocycles. The lowest BCUT2D eigenvalue weighted by Crippen LogP contribution is -2.54. The number of aryl methyl sites for hydroxylation is 1. The van der Waals surface area contributed by atoms with Crippen LogP contribution in [-0.2, 0) is 27.1 Å². The van der Waals surface area contributed by atoms with Gasteiger partial charge in [-0.3, -0.25) is 0 Å². The quantitative estimate of drug-likeness (QED) is 0.508. The van der Waals surface area contributed by atoms with Gasteiger partial charge < -0.3 is 19.3 Å². The number of aromatic nitrogens is 3. The van der Waals surface area contributed by atoms with E-state index in [-0.39, 0.29) is 12.1 Å². The summed E-state index contributed by atoms with van der Waals surface area (Å²) in [4.78, 5) is 27.1. The first kappa shape index (κ1) is 20.9. The van der Waals surface area contributed by atoms with Crippen LogP contribution in [-0.4, -0.2) is 75.6 Å². The van der Waals surface area contributed by atoms with Crippen molar-refractivity contribution >= 4 is 40.4 Å². The monoisotopic (exact) mass is 464 g/mol. The smallest absolute Gasteiger partial charge is 0.341 e.